The number of aryl methyl sites for hydroxylation is 1. The quantitative estimate of drug-likeness (QED) is 0.828. The van der Waals surface area contributed by atoms with Crippen LogP contribution in [0, 0.1) is 12.7 Å². The van der Waals surface area contributed by atoms with Crippen LogP contribution in [0.25, 0.3) is 0 Å². The maximum absolute atomic E-state index is 13.3. The van der Waals surface area contributed by atoms with Crippen molar-refractivity contribution in [2.24, 2.45) is 0 Å². The van der Waals surface area contributed by atoms with Gasteiger partial charge in [0.05, 0.1) is 4.90 Å². The van der Waals surface area contributed by atoms with Gasteiger partial charge in [0.1, 0.15) is 5.82 Å². The third-order valence-corrected chi connectivity index (χ3v) is 4.26. The first-order valence-corrected chi connectivity index (χ1v) is 7.28. The second-order valence-corrected chi connectivity index (χ2v) is 5.86. The molecule has 0 saturated carbocycles. The number of benzene rings is 1. The number of hydrogen-bond acceptors (Lipinski definition) is 3. The average Bonchev–Trinajstić information content (AvgIpc) is 2.31. The van der Waals surface area contributed by atoms with Crippen LogP contribution in [-0.4, -0.2) is 26.2 Å². The molecule has 1 atom stereocenters. The minimum atomic E-state index is -3.73. The molecule has 1 aromatic rings. The summed E-state index contributed by atoms with van der Waals surface area (Å²) in [6.07, 6.45) is 0.901. The fourth-order valence-corrected chi connectivity index (χ4v) is 2.90. The summed E-state index contributed by atoms with van der Waals surface area (Å²) in [7, 11) is -3.73. The zero-order valence-electron chi connectivity index (χ0n) is 10.5. The summed E-state index contributed by atoms with van der Waals surface area (Å²) in [5.74, 6) is -0.548. The summed E-state index contributed by atoms with van der Waals surface area (Å²) in [6.45, 7) is 3.29. The molecule has 0 aliphatic carbocycles. The molecule has 0 fully saturated rings. The van der Waals surface area contributed by atoms with E-state index in [4.69, 9.17) is 5.11 Å². The summed E-state index contributed by atoms with van der Waals surface area (Å²) in [4.78, 5) is -0.0954. The van der Waals surface area contributed by atoms with Gasteiger partial charge in [0, 0.05) is 12.6 Å². The molecule has 0 spiro atoms. The number of aliphatic hydroxyl groups excluding tert-OH is 1. The Morgan fingerprint density at radius 2 is 2.11 bits per heavy atom. The van der Waals surface area contributed by atoms with Crippen molar-refractivity contribution in [1.82, 2.24) is 4.72 Å². The van der Waals surface area contributed by atoms with E-state index in [-0.39, 0.29) is 17.5 Å². The van der Waals surface area contributed by atoms with Crippen LogP contribution in [-0.2, 0) is 10.0 Å². The molecule has 0 amide bonds. The van der Waals surface area contributed by atoms with Crippen LogP contribution >= 0.6 is 0 Å². The minimum absolute atomic E-state index is 0.0940. The molecule has 0 aliphatic heterocycles. The van der Waals surface area contributed by atoms with Gasteiger partial charge < -0.3 is 5.11 Å². The van der Waals surface area contributed by atoms with Crippen molar-refractivity contribution in [1.29, 1.82) is 0 Å². The molecule has 102 valence electrons. The van der Waals surface area contributed by atoms with E-state index in [2.05, 4.69) is 4.72 Å². The molecule has 0 aliphatic rings. The van der Waals surface area contributed by atoms with Gasteiger partial charge in [0.2, 0.25) is 10.0 Å². The molecule has 0 saturated heterocycles. The Hall–Kier alpha value is -0.980. The molecule has 0 radical (unpaired) electrons. The van der Waals surface area contributed by atoms with Gasteiger partial charge in [-0.2, -0.15) is 0 Å². The molecule has 0 bridgehead atoms. The van der Waals surface area contributed by atoms with Gasteiger partial charge in [-0.1, -0.05) is 13.0 Å². The first-order valence-electron chi connectivity index (χ1n) is 5.80. The average molecular weight is 275 g/mol. The zero-order chi connectivity index (χ0) is 13.8. The number of rotatable bonds is 6. The maximum atomic E-state index is 13.3. The largest absolute Gasteiger partial charge is 0.396 e. The molecule has 6 heteroatoms. The molecule has 4 nitrogen and oxygen atoms in total. The van der Waals surface area contributed by atoms with Crippen molar-refractivity contribution in [2.75, 3.05) is 6.61 Å². The second-order valence-electron chi connectivity index (χ2n) is 4.15. The van der Waals surface area contributed by atoms with E-state index in [1.54, 1.807) is 6.92 Å². The van der Waals surface area contributed by atoms with Crippen LogP contribution in [0.15, 0.2) is 23.1 Å². The molecule has 18 heavy (non-hydrogen) atoms. The fraction of sp³-hybridized carbons (Fsp3) is 0.500. The van der Waals surface area contributed by atoms with E-state index < -0.39 is 15.8 Å². The first-order chi connectivity index (χ1) is 8.40. The van der Waals surface area contributed by atoms with Crippen LogP contribution < -0.4 is 4.72 Å². The SMILES string of the molecule is CCC(CCO)NS(=O)(=O)c1ccc(C)c(F)c1. The lowest BCUT2D eigenvalue weighted by atomic mass is 10.2. The highest BCUT2D eigenvalue weighted by atomic mass is 32.2. The van der Waals surface area contributed by atoms with E-state index in [1.165, 1.54) is 12.1 Å². The molecular weight excluding hydrogens is 257 g/mol. The van der Waals surface area contributed by atoms with Gasteiger partial charge in [0.25, 0.3) is 0 Å². The van der Waals surface area contributed by atoms with Gasteiger partial charge in [-0.25, -0.2) is 17.5 Å². The summed E-state index contributed by atoms with van der Waals surface area (Å²) in [6, 6.07) is 3.46. The van der Waals surface area contributed by atoms with E-state index >= 15 is 0 Å². The Morgan fingerprint density at radius 1 is 1.44 bits per heavy atom. The smallest absolute Gasteiger partial charge is 0.240 e. The number of halogens is 1. The van der Waals surface area contributed by atoms with E-state index in [0.717, 1.165) is 6.07 Å². The predicted octanol–water partition coefficient (Wildman–Crippen LogP) is 1.57. The van der Waals surface area contributed by atoms with Crippen molar-refractivity contribution < 1.29 is 17.9 Å². The number of sulfonamides is 1. The Kier molecular flexibility index (Phi) is 5.25. The van der Waals surface area contributed by atoms with Crippen LogP contribution in [0.4, 0.5) is 4.39 Å². The minimum Gasteiger partial charge on any atom is -0.396 e. The van der Waals surface area contributed by atoms with Gasteiger partial charge in [-0.3, -0.25) is 0 Å². The first kappa shape index (κ1) is 15.1. The molecule has 2 N–H and O–H groups in total. The lowest BCUT2D eigenvalue weighted by molar-refractivity contribution is 0.270. The Bertz CT molecular complexity index is 502. The highest BCUT2D eigenvalue weighted by molar-refractivity contribution is 7.89. The van der Waals surface area contributed by atoms with Gasteiger partial charge in [0.15, 0.2) is 0 Å². The Labute approximate surface area is 107 Å². The van der Waals surface area contributed by atoms with Crippen molar-refractivity contribution in [3.8, 4) is 0 Å². The van der Waals surface area contributed by atoms with Crippen molar-refractivity contribution in [3.05, 3.63) is 29.6 Å². The zero-order valence-corrected chi connectivity index (χ0v) is 11.3. The van der Waals surface area contributed by atoms with Gasteiger partial charge in [-0.05, 0) is 37.5 Å². The third kappa shape index (κ3) is 3.76. The molecule has 1 rings (SSSR count). The summed E-state index contributed by atoms with van der Waals surface area (Å²) >= 11 is 0. The number of nitrogens with one attached hydrogen (secondary N) is 1. The van der Waals surface area contributed by atoms with Gasteiger partial charge in [-0.15, -0.1) is 0 Å². The van der Waals surface area contributed by atoms with Crippen molar-refractivity contribution in [3.63, 3.8) is 0 Å². The normalized spacial score (nSPS) is 13.6. The highest BCUT2D eigenvalue weighted by Crippen LogP contribution is 2.15. The highest BCUT2D eigenvalue weighted by Gasteiger charge is 2.19. The molecular formula is C12H18FNO3S. The van der Waals surface area contributed by atoms with Crippen LogP contribution in [0.3, 0.4) is 0 Å². The van der Waals surface area contributed by atoms with Gasteiger partial charge >= 0.3 is 0 Å². The molecule has 1 unspecified atom stereocenters. The summed E-state index contributed by atoms with van der Waals surface area (Å²) in [5, 5.41) is 8.82. The number of hydrogen-bond donors (Lipinski definition) is 2. The van der Waals surface area contributed by atoms with E-state index in [1.807, 2.05) is 6.92 Å². The fourth-order valence-electron chi connectivity index (χ4n) is 1.53. The molecule has 0 aromatic heterocycles. The summed E-state index contributed by atoms with van der Waals surface area (Å²) < 4.78 is 39.8. The third-order valence-electron chi connectivity index (χ3n) is 2.75. The lowest BCUT2D eigenvalue weighted by Crippen LogP contribution is -2.35. The monoisotopic (exact) mass is 275 g/mol. The number of aliphatic hydroxyl groups is 1. The maximum Gasteiger partial charge on any atom is 0.240 e. The van der Waals surface area contributed by atoms with Crippen LogP contribution in [0.5, 0.6) is 0 Å². The van der Waals surface area contributed by atoms with Crippen LogP contribution in [0.1, 0.15) is 25.3 Å². The second kappa shape index (κ2) is 6.26. The summed E-state index contributed by atoms with van der Waals surface area (Å²) in [5.41, 5.74) is 0.399. The van der Waals surface area contributed by atoms with E-state index in [0.29, 0.717) is 18.4 Å². The van der Waals surface area contributed by atoms with Crippen LogP contribution in [0.2, 0.25) is 0 Å². The van der Waals surface area contributed by atoms with Crippen molar-refractivity contribution in [2.45, 2.75) is 37.6 Å². The predicted molar refractivity (Wildman–Crippen MR) is 67.2 cm³/mol. The molecule has 0 heterocycles. The standard InChI is InChI=1S/C12H18FNO3S/c1-3-10(6-7-15)14-18(16,17)11-5-4-9(2)12(13)8-11/h4-5,8,10,14-15H,3,6-7H2,1-2H3. The molecule has 1 aromatic carbocycles. The Morgan fingerprint density at radius 3 is 2.61 bits per heavy atom. The van der Waals surface area contributed by atoms with Crippen molar-refractivity contribution >= 4 is 10.0 Å². The lowest BCUT2D eigenvalue weighted by Gasteiger charge is -2.16. The van der Waals surface area contributed by atoms with E-state index in [9.17, 15) is 12.8 Å². The Balaban J connectivity index is 2.95. The topological polar surface area (TPSA) is 66.4 Å².